The lowest BCUT2D eigenvalue weighted by atomic mass is 10.1. The molecule has 150 valence electrons. The van der Waals surface area contributed by atoms with E-state index in [0.717, 1.165) is 59.5 Å². The minimum atomic E-state index is 0. The molecule has 0 aliphatic rings. The van der Waals surface area contributed by atoms with Crippen molar-refractivity contribution in [1.82, 2.24) is 20.6 Å². The van der Waals surface area contributed by atoms with Crippen molar-refractivity contribution in [2.24, 2.45) is 4.99 Å². The maximum absolute atomic E-state index is 5.47. The van der Waals surface area contributed by atoms with Crippen LogP contribution in [0.4, 0.5) is 0 Å². The van der Waals surface area contributed by atoms with Gasteiger partial charge in [-0.05, 0) is 27.2 Å². The van der Waals surface area contributed by atoms with Crippen LogP contribution in [0.3, 0.4) is 0 Å². The van der Waals surface area contributed by atoms with Crippen LogP contribution in [0.15, 0.2) is 17.4 Å². The molecule has 27 heavy (non-hydrogen) atoms. The van der Waals surface area contributed by atoms with Crippen molar-refractivity contribution >= 4 is 41.3 Å². The van der Waals surface area contributed by atoms with Crippen molar-refractivity contribution in [2.75, 3.05) is 20.2 Å². The SMILES string of the molecule is CCNC(=NCc1ncc(C)c(OC)c1C)NCCc1ncc(CC)s1.I. The number of rotatable bonds is 8. The van der Waals surface area contributed by atoms with Gasteiger partial charge in [0, 0.05) is 47.9 Å². The number of nitrogens with one attached hydrogen (secondary N) is 2. The van der Waals surface area contributed by atoms with E-state index in [1.165, 1.54) is 4.88 Å². The number of guanidine groups is 1. The highest BCUT2D eigenvalue weighted by Crippen LogP contribution is 2.24. The van der Waals surface area contributed by atoms with Crippen LogP contribution >= 0.6 is 35.3 Å². The van der Waals surface area contributed by atoms with Crippen molar-refractivity contribution in [3.63, 3.8) is 0 Å². The van der Waals surface area contributed by atoms with Crippen LogP contribution < -0.4 is 15.4 Å². The van der Waals surface area contributed by atoms with Gasteiger partial charge in [0.25, 0.3) is 0 Å². The second kappa shape index (κ2) is 12.1. The first-order valence-corrected chi connectivity index (χ1v) is 9.85. The zero-order valence-corrected chi connectivity index (χ0v) is 19.9. The Balaban J connectivity index is 0.00000364. The number of halogens is 1. The molecule has 0 radical (unpaired) electrons. The van der Waals surface area contributed by atoms with E-state index >= 15 is 0 Å². The summed E-state index contributed by atoms with van der Waals surface area (Å²) >= 11 is 1.78. The number of hydrogen-bond acceptors (Lipinski definition) is 5. The fraction of sp³-hybridized carbons (Fsp3) is 0.526. The Hall–Kier alpha value is -1.42. The third-order valence-electron chi connectivity index (χ3n) is 4.06. The Morgan fingerprint density at radius 1 is 1.19 bits per heavy atom. The van der Waals surface area contributed by atoms with Crippen molar-refractivity contribution in [3.8, 4) is 5.75 Å². The van der Waals surface area contributed by atoms with Crippen LogP contribution in [-0.4, -0.2) is 36.1 Å². The minimum Gasteiger partial charge on any atom is -0.496 e. The molecule has 0 atom stereocenters. The number of methoxy groups -OCH3 is 1. The van der Waals surface area contributed by atoms with Gasteiger partial charge in [-0.3, -0.25) is 4.98 Å². The highest BCUT2D eigenvalue weighted by atomic mass is 127. The Kier molecular flexibility index (Phi) is 10.6. The average molecular weight is 503 g/mol. The molecule has 0 aromatic carbocycles. The van der Waals surface area contributed by atoms with Gasteiger partial charge in [0.05, 0.1) is 24.4 Å². The fourth-order valence-corrected chi connectivity index (χ4v) is 3.50. The van der Waals surface area contributed by atoms with Gasteiger partial charge in [0.15, 0.2) is 5.96 Å². The van der Waals surface area contributed by atoms with E-state index < -0.39 is 0 Å². The summed E-state index contributed by atoms with van der Waals surface area (Å²) in [6.45, 7) is 10.4. The summed E-state index contributed by atoms with van der Waals surface area (Å²) in [6, 6.07) is 0. The maximum Gasteiger partial charge on any atom is 0.191 e. The summed E-state index contributed by atoms with van der Waals surface area (Å²) in [5, 5.41) is 7.81. The van der Waals surface area contributed by atoms with Gasteiger partial charge in [-0.15, -0.1) is 35.3 Å². The summed E-state index contributed by atoms with van der Waals surface area (Å²) in [6.07, 6.45) is 5.75. The van der Waals surface area contributed by atoms with E-state index in [2.05, 4.69) is 39.4 Å². The monoisotopic (exact) mass is 503 g/mol. The average Bonchev–Trinajstić information content (AvgIpc) is 3.09. The van der Waals surface area contributed by atoms with Gasteiger partial charge in [-0.25, -0.2) is 9.98 Å². The molecule has 0 saturated heterocycles. The van der Waals surface area contributed by atoms with Crippen LogP contribution in [0.2, 0.25) is 0 Å². The number of aromatic nitrogens is 2. The number of thiazole rings is 1. The maximum atomic E-state index is 5.47. The predicted molar refractivity (Wildman–Crippen MR) is 124 cm³/mol. The zero-order chi connectivity index (χ0) is 18.9. The number of nitrogens with zero attached hydrogens (tertiary/aromatic N) is 3. The number of ether oxygens (including phenoxy) is 1. The standard InChI is InChI=1S/C19H29N5OS.HI/c1-6-15-11-23-17(26-15)8-9-21-19(20-7-2)24-12-16-14(4)18(25-5)13(3)10-22-16;/h10-11H,6-9,12H2,1-5H3,(H2,20,21,24);1H. The lowest BCUT2D eigenvalue weighted by Crippen LogP contribution is -2.38. The van der Waals surface area contributed by atoms with Crippen LogP contribution in [-0.2, 0) is 19.4 Å². The first kappa shape index (κ1) is 23.6. The minimum absolute atomic E-state index is 0. The molecule has 0 bridgehead atoms. The van der Waals surface area contributed by atoms with E-state index in [1.807, 2.05) is 26.2 Å². The van der Waals surface area contributed by atoms with Gasteiger partial charge >= 0.3 is 0 Å². The quantitative estimate of drug-likeness (QED) is 0.327. The molecule has 0 amide bonds. The fourth-order valence-electron chi connectivity index (χ4n) is 2.64. The molecule has 0 unspecified atom stereocenters. The Labute approximate surface area is 183 Å². The Morgan fingerprint density at radius 2 is 1.96 bits per heavy atom. The molecular weight excluding hydrogens is 473 g/mol. The van der Waals surface area contributed by atoms with Crippen LogP contribution in [0.5, 0.6) is 5.75 Å². The first-order chi connectivity index (χ1) is 12.6. The third-order valence-corrected chi connectivity index (χ3v) is 5.26. The lowest BCUT2D eigenvalue weighted by molar-refractivity contribution is 0.407. The summed E-state index contributed by atoms with van der Waals surface area (Å²) in [5.74, 6) is 1.68. The van der Waals surface area contributed by atoms with E-state index in [-0.39, 0.29) is 24.0 Å². The van der Waals surface area contributed by atoms with Crippen molar-refractivity contribution in [2.45, 2.75) is 47.1 Å². The molecule has 2 N–H and O–H groups in total. The molecule has 0 spiro atoms. The molecule has 0 aliphatic carbocycles. The summed E-state index contributed by atoms with van der Waals surface area (Å²) in [7, 11) is 1.69. The van der Waals surface area contributed by atoms with Gasteiger partial charge in [-0.2, -0.15) is 0 Å². The number of hydrogen-bond donors (Lipinski definition) is 2. The third kappa shape index (κ3) is 6.91. The number of aryl methyl sites for hydroxylation is 2. The van der Waals surface area contributed by atoms with E-state index in [0.29, 0.717) is 6.54 Å². The second-order valence-electron chi connectivity index (χ2n) is 5.99. The largest absolute Gasteiger partial charge is 0.496 e. The molecular formula is C19H30IN5OS. The van der Waals surface area contributed by atoms with Gasteiger partial charge < -0.3 is 15.4 Å². The Bertz CT molecular complexity index is 748. The molecule has 0 aliphatic heterocycles. The summed E-state index contributed by atoms with van der Waals surface area (Å²) in [4.78, 5) is 15.0. The topological polar surface area (TPSA) is 71.4 Å². The van der Waals surface area contributed by atoms with Gasteiger partial charge in [0.2, 0.25) is 0 Å². The van der Waals surface area contributed by atoms with Gasteiger partial charge in [0.1, 0.15) is 5.75 Å². The molecule has 0 saturated carbocycles. The highest BCUT2D eigenvalue weighted by Gasteiger charge is 2.09. The lowest BCUT2D eigenvalue weighted by Gasteiger charge is -2.13. The predicted octanol–water partition coefficient (Wildman–Crippen LogP) is 3.64. The van der Waals surface area contributed by atoms with Crippen molar-refractivity contribution in [3.05, 3.63) is 39.1 Å². The second-order valence-corrected chi connectivity index (χ2v) is 7.19. The normalized spacial score (nSPS) is 11.1. The summed E-state index contributed by atoms with van der Waals surface area (Å²) in [5.41, 5.74) is 3.01. The van der Waals surface area contributed by atoms with Crippen LogP contribution in [0, 0.1) is 13.8 Å². The number of aliphatic imine (C=N–C) groups is 1. The molecule has 2 aromatic rings. The smallest absolute Gasteiger partial charge is 0.191 e. The van der Waals surface area contributed by atoms with E-state index in [9.17, 15) is 0 Å². The molecule has 2 aromatic heterocycles. The van der Waals surface area contributed by atoms with Gasteiger partial charge in [-0.1, -0.05) is 6.92 Å². The van der Waals surface area contributed by atoms with Crippen molar-refractivity contribution < 1.29 is 4.74 Å². The highest BCUT2D eigenvalue weighted by molar-refractivity contribution is 14.0. The number of pyridine rings is 1. The molecule has 0 fully saturated rings. The molecule has 2 heterocycles. The van der Waals surface area contributed by atoms with Crippen LogP contribution in [0.25, 0.3) is 0 Å². The Morgan fingerprint density at radius 3 is 2.59 bits per heavy atom. The zero-order valence-electron chi connectivity index (χ0n) is 16.8. The summed E-state index contributed by atoms with van der Waals surface area (Å²) < 4.78 is 5.47. The first-order valence-electron chi connectivity index (χ1n) is 9.03. The molecule has 8 heteroatoms. The van der Waals surface area contributed by atoms with Crippen molar-refractivity contribution in [1.29, 1.82) is 0 Å². The van der Waals surface area contributed by atoms with E-state index in [4.69, 9.17) is 4.74 Å². The molecule has 6 nitrogen and oxygen atoms in total. The molecule has 2 rings (SSSR count). The van der Waals surface area contributed by atoms with E-state index in [1.54, 1.807) is 18.4 Å². The van der Waals surface area contributed by atoms with Crippen LogP contribution in [0.1, 0.15) is 40.6 Å².